The van der Waals surface area contributed by atoms with Crippen molar-refractivity contribution in [3.05, 3.63) is 53.9 Å². The van der Waals surface area contributed by atoms with Crippen molar-refractivity contribution in [1.29, 1.82) is 0 Å². The van der Waals surface area contributed by atoms with Gasteiger partial charge in [0.05, 0.1) is 18.0 Å². The van der Waals surface area contributed by atoms with Crippen molar-refractivity contribution in [2.45, 2.75) is 18.4 Å². The first-order chi connectivity index (χ1) is 12.5. The molecule has 9 nitrogen and oxygen atoms in total. The van der Waals surface area contributed by atoms with E-state index in [9.17, 15) is 8.42 Å². The highest BCUT2D eigenvalue weighted by molar-refractivity contribution is 7.89. The lowest BCUT2D eigenvalue weighted by molar-refractivity contribution is 0.301. The zero-order valence-corrected chi connectivity index (χ0v) is 14.9. The standard InChI is InChI=1S/C16H18N6O3S/c1-12-10-13(6-7-17-12)11-22-20-16(19-21-22)14-2-4-15(5-3-14)26(24,25)18-8-9-23/h2-7,10,18,23H,8-9,11H2,1H3. The molecule has 0 amide bonds. The number of aliphatic hydroxyl groups is 1. The van der Waals surface area contributed by atoms with Crippen molar-refractivity contribution in [2.24, 2.45) is 0 Å². The molecule has 1 aromatic carbocycles. The largest absolute Gasteiger partial charge is 0.395 e. The van der Waals surface area contributed by atoms with E-state index in [2.05, 4.69) is 25.1 Å². The Morgan fingerprint density at radius 2 is 1.96 bits per heavy atom. The molecule has 0 bridgehead atoms. The average Bonchev–Trinajstić information content (AvgIpc) is 3.09. The second-order valence-electron chi connectivity index (χ2n) is 5.59. The van der Waals surface area contributed by atoms with Gasteiger partial charge in [0, 0.05) is 24.0 Å². The average molecular weight is 374 g/mol. The maximum absolute atomic E-state index is 12.0. The molecule has 2 N–H and O–H groups in total. The van der Waals surface area contributed by atoms with Crippen LogP contribution in [0.4, 0.5) is 0 Å². The monoisotopic (exact) mass is 374 g/mol. The van der Waals surface area contributed by atoms with Gasteiger partial charge in [-0.1, -0.05) is 0 Å². The van der Waals surface area contributed by atoms with E-state index in [0.717, 1.165) is 11.3 Å². The molecule has 0 aliphatic carbocycles. The Kier molecular flexibility index (Phi) is 5.35. The highest BCUT2D eigenvalue weighted by Gasteiger charge is 2.14. The van der Waals surface area contributed by atoms with E-state index in [0.29, 0.717) is 17.9 Å². The van der Waals surface area contributed by atoms with Crippen LogP contribution in [0.3, 0.4) is 0 Å². The first kappa shape index (κ1) is 18.1. The van der Waals surface area contributed by atoms with Crippen LogP contribution in [0.5, 0.6) is 0 Å². The molecule has 0 saturated heterocycles. The SMILES string of the molecule is Cc1cc(Cn2nnc(-c3ccc(S(=O)(=O)NCCO)cc3)n2)ccn1. The molecule has 0 atom stereocenters. The van der Waals surface area contributed by atoms with Gasteiger partial charge < -0.3 is 5.11 Å². The third kappa shape index (κ3) is 4.28. The Labute approximate surface area is 150 Å². The molecule has 10 heteroatoms. The van der Waals surface area contributed by atoms with Gasteiger partial charge in [0.2, 0.25) is 15.8 Å². The number of nitrogens with zero attached hydrogens (tertiary/aromatic N) is 5. The van der Waals surface area contributed by atoms with Crippen LogP contribution in [-0.2, 0) is 16.6 Å². The first-order valence-corrected chi connectivity index (χ1v) is 9.36. The predicted molar refractivity (Wildman–Crippen MR) is 93.6 cm³/mol. The summed E-state index contributed by atoms with van der Waals surface area (Å²) >= 11 is 0. The quantitative estimate of drug-likeness (QED) is 0.612. The molecule has 136 valence electrons. The molecule has 0 aliphatic rings. The van der Waals surface area contributed by atoms with Gasteiger partial charge in [-0.3, -0.25) is 4.98 Å². The van der Waals surface area contributed by atoms with Crippen molar-refractivity contribution in [2.75, 3.05) is 13.2 Å². The topological polar surface area (TPSA) is 123 Å². The lowest BCUT2D eigenvalue weighted by Crippen LogP contribution is -2.26. The molecule has 0 spiro atoms. The van der Waals surface area contributed by atoms with E-state index in [-0.39, 0.29) is 18.0 Å². The summed E-state index contributed by atoms with van der Waals surface area (Å²) in [6.07, 6.45) is 1.73. The van der Waals surface area contributed by atoms with Gasteiger partial charge in [-0.25, -0.2) is 13.1 Å². The summed E-state index contributed by atoms with van der Waals surface area (Å²) in [6.45, 7) is 2.08. The van der Waals surface area contributed by atoms with Gasteiger partial charge in [-0.15, -0.1) is 10.2 Å². The summed E-state index contributed by atoms with van der Waals surface area (Å²) in [6, 6.07) is 9.98. The lowest BCUT2D eigenvalue weighted by Gasteiger charge is -2.05. The molecule has 0 aliphatic heterocycles. The summed E-state index contributed by atoms with van der Waals surface area (Å²) < 4.78 is 26.3. The van der Waals surface area contributed by atoms with E-state index in [1.807, 2.05) is 19.1 Å². The van der Waals surface area contributed by atoms with Crippen LogP contribution in [0.1, 0.15) is 11.3 Å². The highest BCUT2D eigenvalue weighted by Crippen LogP contribution is 2.17. The van der Waals surface area contributed by atoms with Gasteiger partial charge in [0.15, 0.2) is 0 Å². The molecule has 26 heavy (non-hydrogen) atoms. The molecular formula is C16H18N6O3S. The van der Waals surface area contributed by atoms with Crippen LogP contribution < -0.4 is 4.72 Å². The number of sulfonamides is 1. The minimum atomic E-state index is -3.64. The Balaban J connectivity index is 1.75. The Morgan fingerprint density at radius 1 is 1.19 bits per heavy atom. The van der Waals surface area contributed by atoms with Crippen LogP contribution in [0.15, 0.2) is 47.5 Å². The Hall–Kier alpha value is -2.69. The number of aromatic nitrogens is 5. The van der Waals surface area contributed by atoms with Crippen molar-refractivity contribution in [1.82, 2.24) is 29.9 Å². The van der Waals surface area contributed by atoms with E-state index < -0.39 is 10.0 Å². The highest BCUT2D eigenvalue weighted by atomic mass is 32.2. The summed E-state index contributed by atoms with van der Waals surface area (Å²) in [5.74, 6) is 0.406. The predicted octanol–water partition coefficient (Wildman–Crippen LogP) is 0.362. The molecule has 2 aromatic heterocycles. The summed E-state index contributed by atoms with van der Waals surface area (Å²) in [5.41, 5.74) is 2.58. The minimum Gasteiger partial charge on any atom is -0.395 e. The van der Waals surface area contributed by atoms with Gasteiger partial charge in [0.25, 0.3) is 0 Å². The van der Waals surface area contributed by atoms with Crippen LogP contribution in [0.25, 0.3) is 11.4 Å². The van der Waals surface area contributed by atoms with Gasteiger partial charge in [-0.05, 0) is 54.1 Å². The number of hydrogen-bond donors (Lipinski definition) is 2. The first-order valence-electron chi connectivity index (χ1n) is 7.88. The molecule has 0 radical (unpaired) electrons. The van der Waals surface area contributed by atoms with Gasteiger partial charge in [0.1, 0.15) is 0 Å². The van der Waals surface area contributed by atoms with Gasteiger partial charge >= 0.3 is 0 Å². The number of benzene rings is 1. The number of nitrogens with one attached hydrogen (secondary N) is 1. The third-order valence-electron chi connectivity index (χ3n) is 3.56. The fraction of sp³-hybridized carbons (Fsp3) is 0.250. The number of tetrazole rings is 1. The van der Waals surface area contributed by atoms with E-state index >= 15 is 0 Å². The van der Waals surface area contributed by atoms with E-state index in [1.165, 1.54) is 16.9 Å². The maximum Gasteiger partial charge on any atom is 0.240 e. The Morgan fingerprint density at radius 3 is 2.65 bits per heavy atom. The van der Waals surface area contributed by atoms with Crippen molar-refractivity contribution in [3.63, 3.8) is 0 Å². The Bertz CT molecular complexity index is 985. The number of aliphatic hydroxyl groups excluding tert-OH is 1. The summed E-state index contributed by atoms with van der Waals surface area (Å²) in [5, 5.41) is 21.1. The second kappa shape index (κ2) is 7.68. The molecule has 0 saturated carbocycles. The van der Waals surface area contributed by atoms with Crippen LogP contribution in [0, 0.1) is 6.92 Å². The fourth-order valence-corrected chi connectivity index (χ4v) is 3.36. The molecule has 3 aromatic rings. The van der Waals surface area contributed by atoms with Gasteiger partial charge in [-0.2, -0.15) is 4.80 Å². The molecular weight excluding hydrogens is 356 g/mol. The van der Waals surface area contributed by atoms with E-state index in [1.54, 1.807) is 18.3 Å². The summed E-state index contributed by atoms with van der Waals surface area (Å²) in [4.78, 5) is 5.72. The number of aryl methyl sites for hydroxylation is 1. The molecule has 2 heterocycles. The minimum absolute atomic E-state index is 0.0333. The third-order valence-corrected chi connectivity index (χ3v) is 5.04. The van der Waals surface area contributed by atoms with Crippen molar-refractivity contribution < 1.29 is 13.5 Å². The van der Waals surface area contributed by atoms with E-state index in [4.69, 9.17) is 5.11 Å². The zero-order chi connectivity index (χ0) is 18.6. The van der Waals surface area contributed by atoms with Crippen LogP contribution in [0.2, 0.25) is 0 Å². The molecule has 0 fully saturated rings. The van der Waals surface area contributed by atoms with Crippen molar-refractivity contribution >= 4 is 10.0 Å². The lowest BCUT2D eigenvalue weighted by atomic mass is 10.2. The fourth-order valence-electron chi connectivity index (χ4n) is 2.34. The van der Waals surface area contributed by atoms with Crippen molar-refractivity contribution in [3.8, 4) is 11.4 Å². The normalized spacial score (nSPS) is 11.6. The smallest absolute Gasteiger partial charge is 0.240 e. The number of rotatable bonds is 7. The number of pyridine rings is 1. The van der Waals surface area contributed by atoms with Crippen LogP contribution >= 0.6 is 0 Å². The maximum atomic E-state index is 12.0. The second-order valence-corrected chi connectivity index (χ2v) is 7.36. The molecule has 0 unspecified atom stereocenters. The zero-order valence-electron chi connectivity index (χ0n) is 14.1. The molecule has 3 rings (SSSR count). The summed E-state index contributed by atoms with van der Waals surface area (Å²) in [7, 11) is -3.64. The van der Waals surface area contributed by atoms with Crippen LogP contribution in [-0.4, -0.2) is 51.9 Å². The number of hydrogen-bond acceptors (Lipinski definition) is 7.